The Morgan fingerprint density at radius 2 is 1.81 bits per heavy atom. The van der Waals surface area contributed by atoms with Crippen molar-refractivity contribution < 1.29 is 24.9 Å². The number of carbonyl (C=O) groups is 1. The third-order valence-corrected chi connectivity index (χ3v) is 2.82. The molecule has 0 radical (unpaired) electrons. The molecule has 0 amide bonds. The van der Waals surface area contributed by atoms with E-state index in [2.05, 4.69) is 0 Å². The fraction of sp³-hybridized carbons (Fsp3) is 0.0625. The molecule has 2 rings (SSSR count). The number of aliphatic hydroxyl groups excluding tert-OH is 1. The predicted molar refractivity (Wildman–Crippen MR) is 77.5 cm³/mol. The fourth-order valence-corrected chi connectivity index (χ4v) is 1.79. The van der Waals surface area contributed by atoms with Crippen LogP contribution in [0.25, 0.3) is 5.76 Å². The summed E-state index contributed by atoms with van der Waals surface area (Å²) in [5, 5.41) is 28.6. The molecule has 0 saturated heterocycles. The maximum absolute atomic E-state index is 11.0. The van der Waals surface area contributed by atoms with Crippen LogP contribution in [0, 0.1) is 0 Å². The molecule has 0 bridgehead atoms. The Labute approximate surface area is 121 Å². The molecule has 2 aromatic carbocycles. The van der Waals surface area contributed by atoms with Crippen LogP contribution in [-0.2, 0) is 0 Å². The van der Waals surface area contributed by atoms with Crippen molar-refractivity contribution in [2.75, 3.05) is 0 Å². The lowest BCUT2D eigenvalue weighted by atomic mass is 10.1. The van der Waals surface area contributed by atoms with Crippen LogP contribution in [0.1, 0.15) is 22.8 Å². The lowest BCUT2D eigenvalue weighted by molar-refractivity contribution is 0.112. The maximum Gasteiger partial charge on any atom is 0.171 e. The van der Waals surface area contributed by atoms with Gasteiger partial charge in [0.1, 0.15) is 11.5 Å². The van der Waals surface area contributed by atoms with Crippen LogP contribution in [-0.4, -0.2) is 21.6 Å². The molecular formula is C16H14O5. The van der Waals surface area contributed by atoms with Crippen LogP contribution >= 0.6 is 0 Å². The number of para-hydroxylation sites is 1. The van der Waals surface area contributed by atoms with E-state index in [0.717, 1.165) is 0 Å². The Morgan fingerprint density at radius 1 is 1.10 bits per heavy atom. The summed E-state index contributed by atoms with van der Waals surface area (Å²) < 4.78 is 5.58. The number of aromatic hydroxyl groups is 2. The van der Waals surface area contributed by atoms with Gasteiger partial charge in [-0.05, 0) is 37.3 Å². The van der Waals surface area contributed by atoms with Gasteiger partial charge in [-0.1, -0.05) is 12.1 Å². The zero-order valence-electron chi connectivity index (χ0n) is 11.3. The lowest BCUT2D eigenvalue weighted by Gasteiger charge is -2.13. The number of aldehydes is 1. The largest absolute Gasteiger partial charge is 0.509 e. The number of ether oxygens (including phenoxy) is 1. The van der Waals surface area contributed by atoms with Gasteiger partial charge in [0, 0.05) is 5.56 Å². The molecule has 0 aliphatic carbocycles. The minimum Gasteiger partial charge on any atom is -0.509 e. The third kappa shape index (κ3) is 3.14. The first-order valence-electron chi connectivity index (χ1n) is 6.17. The number of hydrogen-bond donors (Lipinski definition) is 3. The van der Waals surface area contributed by atoms with Crippen molar-refractivity contribution in [2.45, 2.75) is 6.92 Å². The Hall–Kier alpha value is -2.95. The highest BCUT2D eigenvalue weighted by Gasteiger charge is 2.13. The molecule has 0 unspecified atom stereocenters. The van der Waals surface area contributed by atoms with E-state index in [9.17, 15) is 20.1 Å². The Balaban J connectivity index is 2.44. The second-order valence-corrected chi connectivity index (χ2v) is 4.38. The van der Waals surface area contributed by atoms with Crippen molar-refractivity contribution in [3.63, 3.8) is 0 Å². The van der Waals surface area contributed by atoms with Gasteiger partial charge >= 0.3 is 0 Å². The molecule has 2 aromatic rings. The van der Waals surface area contributed by atoms with E-state index in [1.165, 1.54) is 25.1 Å². The van der Waals surface area contributed by atoms with Crippen molar-refractivity contribution in [1.82, 2.24) is 0 Å². The van der Waals surface area contributed by atoms with E-state index in [0.29, 0.717) is 17.4 Å². The highest BCUT2D eigenvalue weighted by Crippen LogP contribution is 2.31. The molecule has 3 N–H and O–H groups in total. The first-order chi connectivity index (χ1) is 10.0. The van der Waals surface area contributed by atoms with Gasteiger partial charge in [0.05, 0.1) is 5.56 Å². The van der Waals surface area contributed by atoms with E-state index in [-0.39, 0.29) is 28.8 Å². The Bertz CT molecular complexity index is 700. The summed E-state index contributed by atoms with van der Waals surface area (Å²) in [5.74, 6) is -0.371. The Kier molecular flexibility index (Phi) is 4.13. The van der Waals surface area contributed by atoms with Gasteiger partial charge in [-0.15, -0.1) is 0 Å². The van der Waals surface area contributed by atoms with Gasteiger partial charge in [-0.2, -0.15) is 0 Å². The topological polar surface area (TPSA) is 87.0 Å². The molecule has 0 heterocycles. The van der Waals surface area contributed by atoms with E-state index in [4.69, 9.17) is 4.74 Å². The monoisotopic (exact) mass is 286 g/mol. The number of carbonyl (C=O) groups excluding carboxylic acids is 1. The average Bonchev–Trinajstić information content (AvgIpc) is 2.48. The molecule has 0 atom stereocenters. The van der Waals surface area contributed by atoms with Gasteiger partial charge < -0.3 is 20.1 Å². The first-order valence-corrected chi connectivity index (χ1v) is 6.17. The number of phenols is 2. The zero-order chi connectivity index (χ0) is 15.4. The lowest BCUT2D eigenvalue weighted by Crippen LogP contribution is -2.00. The summed E-state index contributed by atoms with van der Waals surface area (Å²) in [6.07, 6.45) is 0.647. The van der Waals surface area contributed by atoms with Crippen LogP contribution in [0.3, 0.4) is 0 Å². The van der Waals surface area contributed by atoms with Crippen LogP contribution < -0.4 is 4.74 Å². The van der Waals surface area contributed by atoms with Crippen LogP contribution in [0.5, 0.6) is 17.2 Å². The summed E-state index contributed by atoms with van der Waals surface area (Å²) >= 11 is 0. The van der Waals surface area contributed by atoms with Crippen molar-refractivity contribution >= 4 is 12.0 Å². The predicted octanol–water partition coefficient (Wildman–Crippen LogP) is 3.24. The fourth-order valence-electron chi connectivity index (χ4n) is 1.79. The first kappa shape index (κ1) is 14.5. The van der Waals surface area contributed by atoms with Gasteiger partial charge in [0.2, 0.25) is 0 Å². The number of rotatable bonds is 4. The van der Waals surface area contributed by atoms with E-state index < -0.39 is 0 Å². The molecule has 5 nitrogen and oxygen atoms in total. The Morgan fingerprint density at radius 3 is 2.43 bits per heavy atom. The molecule has 21 heavy (non-hydrogen) atoms. The number of allylic oxidation sites excluding steroid dienone is 1. The molecule has 0 spiro atoms. The molecule has 0 fully saturated rings. The van der Waals surface area contributed by atoms with Crippen molar-refractivity contribution in [1.29, 1.82) is 0 Å². The molecule has 0 aliphatic rings. The molecule has 108 valence electrons. The highest BCUT2D eigenvalue weighted by molar-refractivity contribution is 5.80. The van der Waals surface area contributed by atoms with Gasteiger partial charge in [-0.25, -0.2) is 0 Å². The smallest absolute Gasteiger partial charge is 0.171 e. The van der Waals surface area contributed by atoms with Crippen molar-refractivity contribution in [3.05, 3.63) is 59.4 Å². The minimum absolute atomic E-state index is 0.0830. The van der Waals surface area contributed by atoms with Gasteiger partial charge in [0.15, 0.2) is 23.5 Å². The SMILES string of the molecule is C/C(O)=C(\Oc1ccccc1C=O)c1ccc(O)c(O)c1. The van der Waals surface area contributed by atoms with E-state index >= 15 is 0 Å². The zero-order valence-corrected chi connectivity index (χ0v) is 11.3. The maximum atomic E-state index is 11.0. The summed E-state index contributed by atoms with van der Waals surface area (Å²) in [6.45, 7) is 1.42. The number of hydrogen-bond acceptors (Lipinski definition) is 5. The van der Waals surface area contributed by atoms with Crippen LogP contribution in [0.4, 0.5) is 0 Å². The standard InChI is InChI=1S/C16H14O5/c1-10(18)16(11-6-7-13(19)14(20)8-11)21-15-5-3-2-4-12(15)9-17/h2-9,18-20H,1H3/b16-10+. The summed E-state index contributed by atoms with van der Waals surface area (Å²) in [5.41, 5.74) is 0.699. The van der Waals surface area contributed by atoms with Crippen molar-refractivity contribution in [2.24, 2.45) is 0 Å². The number of phenolic OH excluding ortho intramolecular Hbond substituents is 2. The second kappa shape index (κ2) is 6.00. The molecule has 0 aromatic heterocycles. The molecule has 0 saturated carbocycles. The summed E-state index contributed by atoms with van der Waals surface area (Å²) in [6, 6.07) is 10.6. The number of benzene rings is 2. The minimum atomic E-state index is -0.335. The van der Waals surface area contributed by atoms with E-state index in [1.807, 2.05) is 0 Å². The van der Waals surface area contributed by atoms with Gasteiger partial charge in [0.25, 0.3) is 0 Å². The molecule has 5 heteroatoms. The average molecular weight is 286 g/mol. The van der Waals surface area contributed by atoms with E-state index in [1.54, 1.807) is 24.3 Å². The summed E-state index contributed by atoms with van der Waals surface area (Å²) in [4.78, 5) is 11.0. The van der Waals surface area contributed by atoms with Crippen molar-refractivity contribution in [3.8, 4) is 17.2 Å². The van der Waals surface area contributed by atoms with Crippen LogP contribution in [0.2, 0.25) is 0 Å². The van der Waals surface area contributed by atoms with Crippen LogP contribution in [0.15, 0.2) is 48.2 Å². The summed E-state index contributed by atoms with van der Waals surface area (Å²) in [7, 11) is 0. The highest BCUT2D eigenvalue weighted by atomic mass is 16.5. The quantitative estimate of drug-likeness (QED) is 0.456. The third-order valence-electron chi connectivity index (χ3n) is 2.82. The van der Waals surface area contributed by atoms with Gasteiger partial charge in [-0.3, -0.25) is 4.79 Å². The number of aliphatic hydroxyl groups is 1. The second-order valence-electron chi connectivity index (χ2n) is 4.38. The normalized spacial score (nSPS) is 11.7. The molecule has 0 aliphatic heterocycles. The molecular weight excluding hydrogens is 272 g/mol.